The number of rotatable bonds is 1. The molecule has 17 heavy (non-hydrogen) atoms. The molecule has 2 heterocycles. The average Bonchev–Trinajstić information content (AvgIpc) is 2.51. The van der Waals surface area contributed by atoms with E-state index >= 15 is 0 Å². The second-order valence-corrected chi connectivity index (χ2v) is 6.30. The third-order valence-electron chi connectivity index (χ3n) is 2.89. The highest BCUT2D eigenvalue weighted by Gasteiger charge is 2.47. The molecule has 2 amide bonds. The second kappa shape index (κ2) is 4.17. The summed E-state index contributed by atoms with van der Waals surface area (Å²) in [5, 5.41) is 2.59. The Balaban J connectivity index is 2.21. The minimum absolute atomic E-state index is 0.112. The van der Waals surface area contributed by atoms with E-state index in [1.165, 1.54) is 4.90 Å². The van der Waals surface area contributed by atoms with Crippen LogP contribution in [-0.2, 0) is 19.4 Å². The van der Waals surface area contributed by atoms with Crippen LogP contribution in [0.5, 0.6) is 0 Å². The van der Waals surface area contributed by atoms with Gasteiger partial charge in [0.1, 0.15) is 6.54 Å². The third kappa shape index (κ3) is 2.36. The van der Waals surface area contributed by atoms with E-state index in [2.05, 4.69) is 5.32 Å². The molecule has 0 aliphatic carbocycles. The number of hydrogen-bond acceptors (Lipinski definition) is 5. The van der Waals surface area contributed by atoms with Crippen LogP contribution >= 0.6 is 0 Å². The summed E-state index contributed by atoms with van der Waals surface area (Å²) in [6.45, 7) is 1.71. The Morgan fingerprint density at radius 3 is 2.88 bits per heavy atom. The number of amides is 2. The molecular formula is C9H14N2O5S. The standard InChI is InChI=1S/C9H14N2O5S/c1-2-16-9(13)11-3-8(12)10-6-4-17(14,15)5-7(6)11/h6-7H,2-5H2,1H3,(H,10,12). The van der Waals surface area contributed by atoms with Crippen molar-refractivity contribution in [1.29, 1.82) is 0 Å². The first kappa shape index (κ1) is 12.2. The van der Waals surface area contributed by atoms with Crippen molar-refractivity contribution < 1.29 is 22.7 Å². The number of ether oxygens (including phenoxy) is 1. The molecule has 0 aromatic heterocycles. The van der Waals surface area contributed by atoms with Crippen LogP contribution in [0.2, 0.25) is 0 Å². The minimum atomic E-state index is -3.20. The van der Waals surface area contributed by atoms with E-state index in [0.29, 0.717) is 0 Å². The predicted octanol–water partition coefficient (Wildman–Crippen LogP) is -1.26. The van der Waals surface area contributed by atoms with Crippen molar-refractivity contribution in [2.75, 3.05) is 24.7 Å². The van der Waals surface area contributed by atoms with Gasteiger partial charge in [-0.05, 0) is 6.92 Å². The zero-order valence-electron chi connectivity index (χ0n) is 9.38. The molecule has 1 N–H and O–H groups in total. The molecule has 2 rings (SSSR count). The number of nitrogens with one attached hydrogen (secondary N) is 1. The van der Waals surface area contributed by atoms with Crippen LogP contribution in [-0.4, -0.2) is 62.1 Å². The van der Waals surface area contributed by atoms with Crippen LogP contribution in [0.3, 0.4) is 0 Å². The molecule has 8 heteroatoms. The monoisotopic (exact) mass is 262 g/mol. The summed E-state index contributed by atoms with van der Waals surface area (Å²) >= 11 is 0. The van der Waals surface area contributed by atoms with Gasteiger partial charge in [-0.1, -0.05) is 0 Å². The van der Waals surface area contributed by atoms with E-state index in [4.69, 9.17) is 4.74 Å². The van der Waals surface area contributed by atoms with Crippen molar-refractivity contribution in [3.8, 4) is 0 Å². The Bertz CT molecular complexity index is 446. The molecule has 0 aromatic carbocycles. The van der Waals surface area contributed by atoms with Gasteiger partial charge in [-0.15, -0.1) is 0 Å². The Morgan fingerprint density at radius 2 is 2.24 bits per heavy atom. The van der Waals surface area contributed by atoms with Crippen LogP contribution in [0.25, 0.3) is 0 Å². The maximum Gasteiger partial charge on any atom is 0.410 e. The summed E-state index contributed by atoms with van der Waals surface area (Å²) < 4.78 is 27.8. The number of carbonyl (C=O) groups is 2. The van der Waals surface area contributed by atoms with Gasteiger partial charge in [-0.3, -0.25) is 9.69 Å². The molecule has 2 aliphatic rings. The SMILES string of the molecule is CCOC(=O)N1CC(=O)NC2CS(=O)(=O)CC21. The van der Waals surface area contributed by atoms with E-state index in [9.17, 15) is 18.0 Å². The third-order valence-corrected chi connectivity index (χ3v) is 4.60. The van der Waals surface area contributed by atoms with Crippen LogP contribution in [0.15, 0.2) is 0 Å². The summed E-state index contributed by atoms with van der Waals surface area (Å²) in [6.07, 6.45) is -0.630. The van der Waals surface area contributed by atoms with Crippen molar-refractivity contribution in [2.45, 2.75) is 19.0 Å². The lowest BCUT2D eigenvalue weighted by atomic mass is 10.1. The quantitative estimate of drug-likeness (QED) is 0.636. The fraction of sp³-hybridized carbons (Fsp3) is 0.778. The van der Waals surface area contributed by atoms with Crippen molar-refractivity contribution in [3.63, 3.8) is 0 Å². The maximum absolute atomic E-state index is 11.6. The summed E-state index contributed by atoms with van der Waals surface area (Å²) in [7, 11) is -3.20. The van der Waals surface area contributed by atoms with Gasteiger partial charge in [0.05, 0.1) is 30.2 Å². The highest BCUT2D eigenvalue weighted by Crippen LogP contribution is 2.22. The molecular weight excluding hydrogens is 248 g/mol. The number of carbonyl (C=O) groups excluding carboxylic acids is 2. The summed E-state index contributed by atoms with van der Waals surface area (Å²) in [5.41, 5.74) is 0. The van der Waals surface area contributed by atoms with Gasteiger partial charge in [-0.25, -0.2) is 13.2 Å². The zero-order valence-corrected chi connectivity index (χ0v) is 10.2. The number of piperazine rings is 1. The van der Waals surface area contributed by atoms with Crippen molar-refractivity contribution in [3.05, 3.63) is 0 Å². The zero-order chi connectivity index (χ0) is 12.6. The van der Waals surface area contributed by atoms with E-state index < -0.39 is 28.0 Å². The van der Waals surface area contributed by atoms with Crippen LogP contribution in [0.1, 0.15) is 6.92 Å². The first-order chi connectivity index (χ1) is 7.93. The highest BCUT2D eigenvalue weighted by molar-refractivity contribution is 7.91. The summed E-state index contributed by atoms with van der Waals surface area (Å²) in [4.78, 5) is 24.2. The summed E-state index contributed by atoms with van der Waals surface area (Å²) in [5.74, 6) is -0.577. The smallest absolute Gasteiger partial charge is 0.410 e. The van der Waals surface area contributed by atoms with Crippen molar-refractivity contribution in [1.82, 2.24) is 10.2 Å². The van der Waals surface area contributed by atoms with Gasteiger partial charge in [0.25, 0.3) is 0 Å². The Labute approximate surface area is 99.0 Å². The number of nitrogens with zero attached hydrogens (tertiary/aromatic N) is 1. The molecule has 0 spiro atoms. The molecule has 0 radical (unpaired) electrons. The molecule has 2 aliphatic heterocycles. The Hall–Kier alpha value is -1.31. The number of hydrogen-bond donors (Lipinski definition) is 1. The second-order valence-electron chi connectivity index (χ2n) is 4.15. The van der Waals surface area contributed by atoms with E-state index in [0.717, 1.165) is 0 Å². The minimum Gasteiger partial charge on any atom is -0.450 e. The lowest BCUT2D eigenvalue weighted by Gasteiger charge is -2.35. The largest absolute Gasteiger partial charge is 0.450 e. The van der Waals surface area contributed by atoms with E-state index in [1.54, 1.807) is 6.92 Å². The Kier molecular flexibility index (Phi) is 2.98. The predicted molar refractivity (Wildman–Crippen MR) is 58.1 cm³/mol. The number of sulfone groups is 1. The van der Waals surface area contributed by atoms with Crippen LogP contribution < -0.4 is 5.32 Å². The fourth-order valence-electron chi connectivity index (χ4n) is 2.20. The highest BCUT2D eigenvalue weighted by atomic mass is 32.2. The van der Waals surface area contributed by atoms with E-state index in [-0.39, 0.29) is 30.6 Å². The van der Waals surface area contributed by atoms with Gasteiger partial charge < -0.3 is 10.1 Å². The van der Waals surface area contributed by atoms with Crippen molar-refractivity contribution in [2.24, 2.45) is 0 Å². The van der Waals surface area contributed by atoms with Gasteiger partial charge >= 0.3 is 6.09 Å². The van der Waals surface area contributed by atoms with Gasteiger partial charge in [0.2, 0.25) is 5.91 Å². The molecule has 96 valence electrons. The molecule has 2 unspecified atom stereocenters. The molecule has 2 atom stereocenters. The van der Waals surface area contributed by atoms with Crippen molar-refractivity contribution >= 4 is 21.8 Å². The number of fused-ring (bicyclic) bond motifs is 1. The van der Waals surface area contributed by atoms with Crippen LogP contribution in [0, 0.1) is 0 Å². The van der Waals surface area contributed by atoms with E-state index in [1.807, 2.05) is 0 Å². The average molecular weight is 262 g/mol. The normalized spacial score (nSPS) is 30.6. The van der Waals surface area contributed by atoms with Crippen LogP contribution in [0.4, 0.5) is 4.79 Å². The van der Waals surface area contributed by atoms with Gasteiger partial charge in [0, 0.05) is 0 Å². The maximum atomic E-state index is 11.6. The van der Waals surface area contributed by atoms with Gasteiger partial charge in [-0.2, -0.15) is 0 Å². The fourth-order valence-corrected chi connectivity index (χ4v) is 4.13. The first-order valence-corrected chi connectivity index (χ1v) is 7.18. The Morgan fingerprint density at radius 1 is 1.53 bits per heavy atom. The molecule has 0 saturated carbocycles. The molecule has 7 nitrogen and oxygen atoms in total. The molecule has 2 fully saturated rings. The molecule has 0 aromatic rings. The summed E-state index contributed by atoms with van der Waals surface area (Å²) in [6, 6.07) is -1.01. The molecule has 2 saturated heterocycles. The lowest BCUT2D eigenvalue weighted by molar-refractivity contribution is -0.126. The topological polar surface area (TPSA) is 92.8 Å². The molecule has 0 bridgehead atoms. The van der Waals surface area contributed by atoms with Gasteiger partial charge in [0.15, 0.2) is 9.84 Å². The lowest BCUT2D eigenvalue weighted by Crippen LogP contribution is -2.61. The first-order valence-electron chi connectivity index (χ1n) is 5.36.